The van der Waals surface area contributed by atoms with E-state index in [0.29, 0.717) is 21.5 Å². The Morgan fingerprint density at radius 3 is 2.38 bits per heavy atom. The van der Waals surface area contributed by atoms with Crippen LogP contribution in [0.15, 0.2) is 42.5 Å². The van der Waals surface area contributed by atoms with E-state index in [1.807, 2.05) is 25.1 Å². The zero-order valence-electron chi connectivity index (χ0n) is 18.3. The molecular weight excluding hydrogens is 467 g/mol. The van der Waals surface area contributed by atoms with Gasteiger partial charge in [0, 0.05) is 17.6 Å². The van der Waals surface area contributed by atoms with Gasteiger partial charge in [0.05, 0.1) is 16.5 Å². The van der Waals surface area contributed by atoms with Crippen LogP contribution >= 0.6 is 34.8 Å². The molecule has 7 heteroatoms. The second kappa shape index (κ2) is 11.9. The average Bonchev–Trinajstić information content (AvgIpc) is 2.78. The third-order valence-corrected chi connectivity index (χ3v) is 7.08. The monoisotopic (exact) mass is 494 g/mol. The molecule has 0 radical (unpaired) electrons. The molecule has 0 bridgehead atoms. The van der Waals surface area contributed by atoms with Crippen LogP contribution in [0.3, 0.4) is 0 Å². The molecule has 3 rings (SSSR count). The van der Waals surface area contributed by atoms with Crippen molar-refractivity contribution in [3.05, 3.63) is 68.7 Å². The first kappa shape index (κ1) is 24.9. The molecule has 0 unspecified atom stereocenters. The van der Waals surface area contributed by atoms with E-state index in [-0.39, 0.29) is 30.8 Å². The van der Waals surface area contributed by atoms with Crippen molar-refractivity contribution in [3.63, 3.8) is 0 Å². The van der Waals surface area contributed by atoms with Gasteiger partial charge in [-0.05, 0) is 48.6 Å². The van der Waals surface area contributed by atoms with Crippen molar-refractivity contribution in [1.29, 1.82) is 0 Å². The summed E-state index contributed by atoms with van der Waals surface area (Å²) in [6.07, 6.45) is 6.07. The molecule has 2 aromatic carbocycles. The molecule has 0 heterocycles. The summed E-state index contributed by atoms with van der Waals surface area (Å²) in [4.78, 5) is 28.3. The van der Waals surface area contributed by atoms with E-state index in [1.54, 1.807) is 29.2 Å². The van der Waals surface area contributed by atoms with Crippen molar-refractivity contribution in [2.45, 2.75) is 70.5 Å². The number of amides is 2. The molecule has 0 aromatic heterocycles. The normalized spacial score (nSPS) is 15.2. The molecule has 1 aliphatic carbocycles. The van der Waals surface area contributed by atoms with Crippen LogP contribution in [-0.4, -0.2) is 28.8 Å². The summed E-state index contributed by atoms with van der Waals surface area (Å²) in [6.45, 7) is 2.19. The maximum Gasteiger partial charge on any atom is 0.243 e. The summed E-state index contributed by atoms with van der Waals surface area (Å²) in [5, 5.41) is 4.59. The predicted octanol–water partition coefficient (Wildman–Crippen LogP) is 6.45. The van der Waals surface area contributed by atoms with Gasteiger partial charge in [0.15, 0.2) is 0 Å². The number of benzene rings is 2. The van der Waals surface area contributed by atoms with Gasteiger partial charge in [0.1, 0.15) is 6.04 Å². The molecule has 0 saturated heterocycles. The van der Waals surface area contributed by atoms with Crippen molar-refractivity contribution >= 4 is 46.6 Å². The van der Waals surface area contributed by atoms with E-state index >= 15 is 0 Å². The first-order chi connectivity index (χ1) is 15.4. The maximum atomic E-state index is 13.4. The van der Waals surface area contributed by atoms with Crippen LogP contribution in [-0.2, 0) is 22.6 Å². The standard InChI is InChI=1S/C25H29Cl3N2O2/c1-2-23(25(32)29-19-9-4-3-5-10-19)30(16-18-8-6-7-11-20(18)26)24(31)15-17-12-13-21(27)22(28)14-17/h6-8,11-14,19,23H,2-5,9-10,15-16H2,1H3,(H,29,32)/t23-/m0/s1. The Hall–Kier alpha value is -1.75. The van der Waals surface area contributed by atoms with Gasteiger partial charge in [-0.1, -0.05) is 85.3 Å². The van der Waals surface area contributed by atoms with Crippen molar-refractivity contribution in [3.8, 4) is 0 Å². The van der Waals surface area contributed by atoms with Gasteiger partial charge in [-0.15, -0.1) is 0 Å². The quantitative estimate of drug-likeness (QED) is 0.458. The lowest BCUT2D eigenvalue weighted by Crippen LogP contribution is -2.52. The van der Waals surface area contributed by atoms with Gasteiger partial charge < -0.3 is 10.2 Å². The van der Waals surface area contributed by atoms with Gasteiger partial charge in [-0.3, -0.25) is 9.59 Å². The first-order valence-corrected chi connectivity index (χ1v) is 12.3. The molecular formula is C25H29Cl3N2O2. The molecule has 172 valence electrons. The molecule has 1 fully saturated rings. The van der Waals surface area contributed by atoms with Crippen LogP contribution in [0.25, 0.3) is 0 Å². The predicted molar refractivity (Wildman–Crippen MR) is 131 cm³/mol. The number of rotatable bonds is 8. The number of nitrogens with one attached hydrogen (secondary N) is 1. The maximum absolute atomic E-state index is 13.4. The number of hydrogen-bond acceptors (Lipinski definition) is 2. The number of nitrogens with zero attached hydrogens (tertiary/aromatic N) is 1. The lowest BCUT2D eigenvalue weighted by Gasteiger charge is -2.33. The minimum Gasteiger partial charge on any atom is -0.352 e. The van der Waals surface area contributed by atoms with Crippen LogP contribution in [0.5, 0.6) is 0 Å². The number of halogens is 3. The summed E-state index contributed by atoms with van der Waals surface area (Å²) in [5.74, 6) is -0.261. The van der Waals surface area contributed by atoms with Crippen molar-refractivity contribution < 1.29 is 9.59 Å². The third kappa shape index (κ3) is 6.63. The van der Waals surface area contributed by atoms with Crippen LogP contribution in [0.1, 0.15) is 56.6 Å². The molecule has 1 saturated carbocycles. The summed E-state index contributed by atoms with van der Waals surface area (Å²) >= 11 is 18.5. The van der Waals surface area contributed by atoms with E-state index in [0.717, 1.165) is 36.8 Å². The van der Waals surface area contributed by atoms with E-state index in [2.05, 4.69) is 5.32 Å². The topological polar surface area (TPSA) is 49.4 Å². The fraction of sp³-hybridized carbons (Fsp3) is 0.440. The highest BCUT2D eigenvalue weighted by Gasteiger charge is 2.30. The molecule has 0 aliphatic heterocycles. The van der Waals surface area contributed by atoms with Gasteiger partial charge in [0.25, 0.3) is 0 Å². The second-order valence-electron chi connectivity index (χ2n) is 8.31. The number of carbonyl (C=O) groups excluding carboxylic acids is 2. The Kier molecular flexibility index (Phi) is 9.27. The van der Waals surface area contributed by atoms with Crippen molar-refractivity contribution in [1.82, 2.24) is 10.2 Å². The highest BCUT2D eigenvalue weighted by Crippen LogP contribution is 2.25. The smallest absolute Gasteiger partial charge is 0.243 e. The Morgan fingerprint density at radius 1 is 1.00 bits per heavy atom. The fourth-order valence-corrected chi connectivity index (χ4v) is 4.72. The molecule has 2 amide bonds. The van der Waals surface area contributed by atoms with Crippen molar-refractivity contribution in [2.24, 2.45) is 0 Å². The minimum absolute atomic E-state index is 0.103. The first-order valence-electron chi connectivity index (χ1n) is 11.2. The highest BCUT2D eigenvalue weighted by atomic mass is 35.5. The summed E-state index contributed by atoms with van der Waals surface area (Å²) in [6, 6.07) is 12.2. The molecule has 2 aromatic rings. The fourth-order valence-electron chi connectivity index (χ4n) is 4.20. The van der Waals surface area contributed by atoms with E-state index < -0.39 is 6.04 Å². The van der Waals surface area contributed by atoms with Crippen LogP contribution in [0, 0.1) is 0 Å². The third-order valence-electron chi connectivity index (χ3n) is 5.98. The average molecular weight is 496 g/mol. The zero-order valence-corrected chi connectivity index (χ0v) is 20.5. The molecule has 1 atom stereocenters. The van der Waals surface area contributed by atoms with E-state index in [9.17, 15) is 9.59 Å². The largest absolute Gasteiger partial charge is 0.352 e. The number of hydrogen-bond donors (Lipinski definition) is 1. The van der Waals surface area contributed by atoms with Gasteiger partial charge in [-0.2, -0.15) is 0 Å². The van der Waals surface area contributed by atoms with Gasteiger partial charge >= 0.3 is 0 Å². The number of carbonyl (C=O) groups is 2. The zero-order chi connectivity index (χ0) is 23.1. The van der Waals surface area contributed by atoms with Gasteiger partial charge in [0.2, 0.25) is 11.8 Å². The minimum atomic E-state index is -0.580. The van der Waals surface area contributed by atoms with E-state index in [1.165, 1.54) is 6.42 Å². The van der Waals surface area contributed by atoms with Crippen LogP contribution in [0.4, 0.5) is 0 Å². The molecule has 32 heavy (non-hydrogen) atoms. The summed E-state index contributed by atoms with van der Waals surface area (Å²) in [7, 11) is 0. The highest BCUT2D eigenvalue weighted by molar-refractivity contribution is 6.42. The Bertz CT molecular complexity index is 945. The van der Waals surface area contributed by atoms with Crippen molar-refractivity contribution in [2.75, 3.05) is 0 Å². The molecule has 0 spiro atoms. The SMILES string of the molecule is CC[C@@H](C(=O)NC1CCCCC1)N(Cc1ccccc1Cl)C(=O)Cc1ccc(Cl)c(Cl)c1. The Labute approximate surface area is 205 Å². The van der Waals surface area contributed by atoms with Crippen LogP contribution < -0.4 is 5.32 Å². The molecule has 1 aliphatic rings. The molecule has 1 N–H and O–H groups in total. The Balaban J connectivity index is 1.83. The summed E-state index contributed by atoms with van der Waals surface area (Å²) in [5.41, 5.74) is 1.55. The van der Waals surface area contributed by atoms with Crippen LogP contribution in [0.2, 0.25) is 15.1 Å². The van der Waals surface area contributed by atoms with E-state index in [4.69, 9.17) is 34.8 Å². The lowest BCUT2D eigenvalue weighted by atomic mass is 9.95. The van der Waals surface area contributed by atoms with Gasteiger partial charge in [-0.25, -0.2) is 0 Å². The second-order valence-corrected chi connectivity index (χ2v) is 9.53. The molecule has 4 nitrogen and oxygen atoms in total. The Morgan fingerprint density at radius 2 is 1.72 bits per heavy atom. The summed E-state index contributed by atoms with van der Waals surface area (Å²) < 4.78 is 0. The lowest BCUT2D eigenvalue weighted by molar-refractivity contribution is -0.141.